The van der Waals surface area contributed by atoms with Gasteiger partial charge < -0.3 is 4.42 Å². The van der Waals surface area contributed by atoms with Crippen molar-refractivity contribution in [2.24, 2.45) is 0 Å². The number of fused-ring (bicyclic) bond motifs is 2. The second-order valence-electron chi connectivity index (χ2n) is 6.91. The van der Waals surface area contributed by atoms with Crippen molar-refractivity contribution in [2.45, 2.75) is 13.0 Å². The van der Waals surface area contributed by atoms with Crippen LogP contribution in [0.1, 0.15) is 33.3 Å². The molecule has 0 saturated heterocycles. The summed E-state index contributed by atoms with van der Waals surface area (Å²) >= 11 is 1.26. The molecule has 9 heteroatoms. The summed E-state index contributed by atoms with van der Waals surface area (Å²) in [6.07, 6.45) is 1.57. The molecule has 1 amide bonds. The fraction of sp³-hybridized carbons (Fsp3) is 0.0952. The largest absolute Gasteiger partial charge is 0.450 e. The molecule has 2 aromatic carbocycles. The van der Waals surface area contributed by atoms with Crippen LogP contribution in [0.15, 0.2) is 63.3 Å². The van der Waals surface area contributed by atoms with E-state index in [1.54, 1.807) is 35.8 Å². The molecule has 148 valence electrons. The number of hydrogen-bond donors (Lipinski definition) is 0. The van der Waals surface area contributed by atoms with Crippen LogP contribution in [0, 0.1) is 17.0 Å². The van der Waals surface area contributed by atoms with Gasteiger partial charge in [-0.05, 0) is 36.8 Å². The molecule has 0 radical (unpaired) electrons. The number of carbonyl (C=O) groups excluding carboxylic acids is 1. The molecule has 0 N–H and O–H groups in total. The number of thiazole rings is 1. The Hall–Kier alpha value is -3.85. The van der Waals surface area contributed by atoms with E-state index in [-0.39, 0.29) is 22.4 Å². The van der Waals surface area contributed by atoms with Gasteiger partial charge in [-0.2, -0.15) is 0 Å². The number of nitro groups is 1. The van der Waals surface area contributed by atoms with Gasteiger partial charge in [0.1, 0.15) is 5.58 Å². The van der Waals surface area contributed by atoms with Gasteiger partial charge in [-0.3, -0.25) is 24.6 Å². The Balaban J connectivity index is 1.79. The highest BCUT2D eigenvalue weighted by molar-refractivity contribution is 7.13. The van der Waals surface area contributed by atoms with Crippen LogP contribution in [0.2, 0.25) is 0 Å². The molecule has 8 nitrogen and oxygen atoms in total. The number of aromatic nitrogens is 1. The minimum Gasteiger partial charge on any atom is -0.450 e. The molecule has 1 aliphatic rings. The standard InChI is InChI=1S/C21H13N3O5S/c1-11-2-7-15-14(10-11)18(25)16-17(12-3-5-13(6-4-12)24(27)28)23(20(26)19(16)29-15)21-22-8-9-30-21/h2-10,17H,1H3/t17-/m0/s1. The lowest BCUT2D eigenvalue weighted by molar-refractivity contribution is -0.384. The van der Waals surface area contributed by atoms with Gasteiger partial charge >= 0.3 is 0 Å². The number of non-ortho nitro benzene ring substituents is 1. The lowest BCUT2D eigenvalue weighted by Gasteiger charge is -2.22. The van der Waals surface area contributed by atoms with Crippen LogP contribution in [0.4, 0.5) is 10.8 Å². The van der Waals surface area contributed by atoms with E-state index in [2.05, 4.69) is 4.98 Å². The number of anilines is 1. The Morgan fingerprint density at radius 2 is 1.93 bits per heavy atom. The third kappa shape index (κ3) is 2.63. The van der Waals surface area contributed by atoms with Crippen molar-refractivity contribution in [3.8, 4) is 0 Å². The number of aryl methyl sites for hydroxylation is 1. The molecule has 0 unspecified atom stereocenters. The highest BCUT2D eigenvalue weighted by atomic mass is 32.1. The van der Waals surface area contributed by atoms with Gasteiger partial charge in [-0.1, -0.05) is 11.6 Å². The fourth-order valence-electron chi connectivity index (χ4n) is 3.71. The molecule has 0 spiro atoms. The smallest absolute Gasteiger partial charge is 0.297 e. The van der Waals surface area contributed by atoms with Crippen LogP contribution >= 0.6 is 11.3 Å². The van der Waals surface area contributed by atoms with E-state index in [0.717, 1.165) is 5.56 Å². The zero-order valence-corrected chi connectivity index (χ0v) is 16.4. The van der Waals surface area contributed by atoms with E-state index in [4.69, 9.17) is 4.42 Å². The molecule has 1 atom stereocenters. The summed E-state index contributed by atoms with van der Waals surface area (Å²) in [7, 11) is 0. The Kier molecular flexibility index (Phi) is 4.00. The normalized spacial score (nSPS) is 15.6. The molecular formula is C21H13N3O5S. The maximum Gasteiger partial charge on any atom is 0.297 e. The van der Waals surface area contributed by atoms with Gasteiger partial charge in [0.15, 0.2) is 10.6 Å². The second-order valence-corrected chi connectivity index (χ2v) is 7.79. The maximum absolute atomic E-state index is 13.4. The molecule has 4 aromatic rings. The summed E-state index contributed by atoms with van der Waals surface area (Å²) in [5.41, 5.74) is 1.62. The van der Waals surface area contributed by atoms with E-state index in [9.17, 15) is 19.7 Å². The second kappa shape index (κ2) is 6.60. The number of rotatable bonds is 3. The summed E-state index contributed by atoms with van der Waals surface area (Å²) in [5.74, 6) is -0.502. The van der Waals surface area contributed by atoms with Gasteiger partial charge in [0.2, 0.25) is 5.76 Å². The zero-order valence-electron chi connectivity index (χ0n) is 15.6. The SMILES string of the molecule is Cc1ccc2oc3c(c(=O)c2c1)[C@H](c1ccc([N+](=O)[O-])cc1)N(c1nccs1)C3=O. The summed E-state index contributed by atoms with van der Waals surface area (Å²) < 4.78 is 5.87. The lowest BCUT2D eigenvalue weighted by Crippen LogP contribution is -2.29. The number of nitrogens with zero attached hydrogens (tertiary/aromatic N) is 3. The molecule has 1 aliphatic heterocycles. The number of nitro benzene ring substituents is 1. The Labute approximate surface area is 173 Å². The van der Waals surface area contributed by atoms with E-state index in [1.165, 1.54) is 28.4 Å². The van der Waals surface area contributed by atoms with E-state index in [0.29, 0.717) is 21.7 Å². The average molecular weight is 419 g/mol. The minimum absolute atomic E-state index is 0.0325. The van der Waals surface area contributed by atoms with Gasteiger partial charge in [0.25, 0.3) is 11.6 Å². The minimum atomic E-state index is -0.791. The average Bonchev–Trinajstić information content (AvgIpc) is 3.35. The summed E-state index contributed by atoms with van der Waals surface area (Å²) in [6.45, 7) is 1.87. The van der Waals surface area contributed by atoms with Crippen LogP contribution in [-0.2, 0) is 0 Å². The quantitative estimate of drug-likeness (QED) is 0.364. The van der Waals surface area contributed by atoms with Crippen molar-refractivity contribution in [1.29, 1.82) is 0 Å². The first kappa shape index (κ1) is 18.2. The van der Waals surface area contributed by atoms with Crippen molar-refractivity contribution < 1.29 is 14.1 Å². The van der Waals surface area contributed by atoms with Gasteiger partial charge in [-0.25, -0.2) is 4.98 Å². The lowest BCUT2D eigenvalue weighted by atomic mass is 9.98. The molecule has 0 bridgehead atoms. The van der Waals surface area contributed by atoms with Gasteiger partial charge in [-0.15, -0.1) is 11.3 Å². The number of benzene rings is 2. The Bertz CT molecular complexity index is 1380. The number of carbonyl (C=O) groups is 1. The van der Waals surface area contributed by atoms with Crippen LogP contribution in [-0.4, -0.2) is 15.8 Å². The molecule has 5 rings (SSSR count). The predicted octanol–water partition coefficient (Wildman–Crippen LogP) is 4.22. The van der Waals surface area contributed by atoms with Crippen molar-refractivity contribution in [3.63, 3.8) is 0 Å². The van der Waals surface area contributed by atoms with E-state index in [1.807, 2.05) is 13.0 Å². The van der Waals surface area contributed by atoms with E-state index >= 15 is 0 Å². The van der Waals surface area contributed by atoms with Crippen LogP contribution in [0.5, 0.6) is 0 Å². The number of amides is 1. The highest BCUT2D eigenvalue weighted by Gasteiger charge is 2.44. The summed E-state index contributed by atoms with van der Waals surface area (Å²) in [4.78, 5) is 42.9. The molecule has 0 fully saturated rings. The monoisotopic (exact) mass is 419 g/mol. The Morgan fingerprint density at radius 1 is 1.17 bits per heavy atom. The molecule has 0 aliphatic carbocycles. The van der Waals surface area contributed by atoms with Crippen LogP contribution < -0.4 is 10.3 Å². The first-order valence-corrected chi connectivity index (χ1v) is 9.88. The third-order valence-electron chi connectivity index (χ3n) is 5.07. The van der Waals surface area contributed by atoms with E-state index < -0.39 is 16.9 Å². The van der Waals surface area contributed by atoms with Gasteiger partial charge in [0, 0.05) is 23.7 Å². The van der Waals surface area contributed by atoms with Crippen LogP contribution in [0.3, 0.4) is 0 Å². The fourth-order valence-corrected chi connectivity index (χ4v) is 4.38. The zero-order chi connectivity index (χ0) is 21.0. The molecule has 2 aromatic heterocycles. The topological polar surface area (TPSA) is 107 Å². The predicted molar refractivity (Wildman–Crippen MR) is 111 cm³/mol. The van der Waals surface area contributed by atoms with Crippen LogP contribution in [0.25, 0.3) is 11.0 Å². The first-order valence-electron chi connectivity index (χ1n) is 9.00. The maximum atomic E-state index is 13.4. The third-order valence-corrected chi connectivity index (χ3v) is 5.84. The summed E-state index contributed by atoms with van der Waals surface area (Å²) in [5, 5.41) is 13.6. The summed E-state index contributed by atoms with van der Waals surface area (Å²) in [6, 6.07) is 10.2. The van der Waals surface area contributed by atoms with Crippen molar-refractivity contribution in [2.75, 3.05) is 4.90 Å². The first-order chi connectivity index (χ1) is 14.5. The Morgan fingerprint density at radius 3 is 2.60 bits per heavy atom. The van der Waals surface area contributed by atoms with Gasteiger partial charge in [0.05, 0.1) is 21.9 Å². The molecule has 0 saturated carbocycles. The van der Waals surface area contributed by atoms with Crippen molar-refractivity contribution in [3.05, 3.63) is 96.8 Å². The highest BCUT2D eigenvalue weighted by Crippen LogP contribution is 2.42. The molecule has 3 heterocycles. The molecule has 30 heavy (non-hydrogen) atoms. The van der Waals surface area contributed by atoms with Crippen molar-refractivity contribution >= 4 is 39.0 Å². The van der Waals surface area contributed by atoms with Crippen molar-refractivity contribution in [1.82, 2.24) is 4.98 Å². The molecular weight excluding hydrogens is 406 g/mol. The number of hydrogen-bond acceptors (Lipinski definition) is 7.